The summed E-state index contributed by atoms with van der Waals surface area (Å²) in [7, 11) is -3.52. The van der Waals surface area contributed by atoms with Crippen molar-refractivity contribution >= 4 is 76.9 Å². The van der Waals surface area contributed by atoms with Crippen molar-refractivity contribution in [3.8, 4) is 34.1 Å². The normalized spacial score (nSPS) is 16.0. The smallest absolute Gasteiger partial charge is 0.187 e. The molecule has 0 aromatic heterocycles. The van der Waals surface area contributed by atoms with E-state index in [0.717, 1.165) is 43.3 Å². The minimum Gasteiger partial charge on any atom is -0.456 e. The van der Waals surface area contributed by atoms with Gasteiger partial charge in [-0.05, 0) is 89.8 Å². The van der Waals surface area contributed by atoms with Crippen LogP contribution in [0.4, 0.5) is 0 Å². The summed E-state index contributed by atoms with van der Waals surface area (Å²) in [5.74, 6) is 2.44. The molecule has 1 unspecified atom stereocenters. The van der Waals surface area contributed by atoms with Crippen LogP contribution in [0.15, 0.2) is 152 Å². The fourth-order valence-electron chi connectivity index (χ4n) is 8.19. The van der Waals surface area contributed by atoms with E-state index < -0.39 is 7.14 Å². The molecule has 11 rings (SSSR count). The maximum Gasteiger partial charge on any atom is 0.187 e. The highest BCUT2D eigenvalue weighted by Gasteiger charge is 2.49. The van der Waals surface area contributed by atoms with Crippen LogP contribution in [0.25, 0.3) is 65.0 Å². The number of ether oxygens (including phenoxy) is 2. The first kappa shape index (κ1) is 26.2. The first-order chi connectivity index (χ1) is 23.7. The van der Waals surface area contributed by atoms with E-state index in [4.69, 9.17) is 9.47 Å². The zero-order valence-corrected chi connectivity index (χ0v) is 26.5. The molecule has 0 aliphatic carbocycles. The summed E-state index contributed by atoms with van der Waals surface area (Å²) in [4.78, 5) is 0. The second kappa shape index (κ2) is 9.35. The third-order valence-corrected chi connectivity index (χ3v) is 13.5. The van der Waals surface area contributed by atoms with E-state index in [2.05, 4.69) is 103 Å². The van der Waals surface area contributed by atoms with Crippen LogP contribution in [-0.4, -0.2) is 0 Å². The van der Waals surface area contributed by atoms with Crippen molar-refractivity contribution < 1.29 is 14.0 Å². The Hall–Kier alpha value is -5.89. The average Bonchev–Trinajstić information content (AvgIpc) is 3.14. The van der Waals surface area contributed by atoms with Crippen molar-refractivity contribution in [2.24, 2.45) is 0 Å². The number of hydrogen-bond donors (Lipinski definition) is 0. The van der Waals surface area contributed by atoms with E-state index in [1.54, 1.807) is 0 Å². The molecule has 0 fully saturated rings. The van der Waals surface area contributed by atoms with Gasteiger partial charge in [0.15, 0.2) is 7.14 Å². The Morgan fingerprint density at radius 3 is 1.44 bits per heavy atom. The first-order valence-electron chi connectivity index (χ1n) is 16.2. The van der Waals surface area contributed by atoms with E-state index in [0.29, 0.717) is 28.3 Å². The predicted molar refractivity (Wildman–Crippen MR) is 199 cm³/mol. The maximum absolute atomic E-state index is 16.5. The van der Waals surface area contributed by atoms with E-state index >= 15 is 4.57 Å². The number of fused-ring (bicyclic) bond motifs is 14. The second-order valence-electron chi connectivity index (χ2n) is 12.7. The van der Waals surface area contributed by atoms with E-state index in [9.17, 15) is 0 Å². The molecule has 0 saturated carbocycles. The molecule has 0 saturated heterocycles. The molecular weight excluding hydrogens is 607 g/mol. The molecule has 4 heteroatoms. The van der Waals surface area contributed by atoms with Crippen molar-refractivity contribution in [1.82, 2.24) is 0 Å². The van der Waals surface area contributed by atoms with Gasteiger partial charge in [-0.2, -0.15) is 0 Å². The fraction of sp³-hybridized carbons (Fsp3) is 0. The van der Waals surface area contributed by atoms with Crippen LogP contribution in [0.5, 0.6) is 23.0 Å². The Morgan fingerprint density at radius 2 is 0.833 bits per heavy atom. The SMILES string of the molecule is O=P12c3c(ccc(-c4ccc5c6ccccc6c6ccccc6c5c4)c3Oc3ccc4ccccc4c31)Oc1ccc3ccccc3c12. The summed E-state index contributed by atoms with van der Waals surface area (Å²) >= 11 is 0. The maximum atomic E-state index is 16.5. The minimum absolute atomic E-state index is 0.579. The van der Waals surface area contributed by atoms with Crippen LogP contribution in [0, 0.1) is 0 Å². The summed E-state index contributed by atoms with van der Waals surface area (Å²) in [5, 5.41) is 13.3. The molecule has 9 aromatic carbocycles. The molecule has 0 bridgehead atoms. The highest BCUT2D eigenvalue weighted by Crippen LogP contribution is 2.62. The average molecular weight is 633 g/mol. The summed E-state index contributed by atoms with van der Waals surface area (Å²) in [5.41, 5.74) is 1.89. The number of benzene rings is 9. The van der Waals surface area contributed by atoms with Crippen molar-refractivity contribution in [3.63, 3.8) is 0 Å². The second-order valence-corrected chi connectivity index (χ2v) is 15.3. The van der Waals surface area contributed by atoms with Gasteiger partial charge in [0.25, 0.3) is 0 Å². The van der Waals surface area contributed by atoms with Gasteiger partial charge in [0.2, 0.25) is 0 Å². The predicted octanol–water partition coefficient (Wildman–Crippen LogP) is 11.0. The molecule has 9 aromatic rings. The lowest BCUT2D eigenvalue weighted by atomic mass is 9.92. The minimum atomic E-state index is -3.52. The Labute approximate surface area is 276 Å². The standard InChI is InChI=1S/C44H25O3P/c45-48-42-30-11-3-1-9-26(30)18-22-38(42)46-40-24-21-29(41(44(40)48)47-39-23-19-27-10-2-4-12-31(27)43(39)48)28-17-20-36-34-15-6-5-13-32(34)33-14-7-8-16-35(33)37(36)25-28/h1-25H. The Bertz CT molecular complexity index is 2860. The van der Waals surface area contributed by atoms with Gasteiger partial charge >= 0.3 is 0 Å². The zero-order valence-electron chi connectivity index (χ0n) is 25.6. The van der Waals surface area contributed by atoms with E-state index in [1.165, 1.54) is 32.3 Å². The van der Waals surface area contributed by atoms with Crippen LogP contribution >= 0.6 is 7.14 Å². The molecular formula is C44H25O3P. The van der Waals surface area contributed by atoms with Gasteiger partial charge < -0.3 is 14.0 Å². The lowest BCUT2D eigenvalue weighted by Gasteiger charge is -2.36. The van der Waals surface area contributed by atoms with Crippen molar-refractivity contribution in [1.29, 1.82) is 0 Å². The van der Waals surface area contributed by atoms with Crippen LogP contribution < -0.4 is 25.4 Å². The van der Waals surface area contributed by atoms with Gasteiger partial charge in [0, 0.05) is 5.56 Å². The topological polar surface area (TPSA) is 35.5 Å². The quantitative estimate of drug-likeness (QED) is 0.133. The van der Waals surface area contributed by atoms with Crippen molar-refractivity contribution in [3.05, 3.63) is 152 Å². The van der Waals surface area contributed by atoms with Gasteiger partial charge in [-0.1, -0.05) is 121 Å². The van der Waals surface area contributed by atoms with Gasteiger partial charge in [-0.15, -0.1) is 0 Å². The van der Waals surface area contributed by atoms with Gasteiger partial charge in [-0.25, -0.2) is 0 Å². The molecule has 1 atom stereocenters. The van der Waals surface area contributed by atoms with Crippen molar-refractivity contribution in [2.75, 3.05) is 0 Å². The molecule has 224 valence electrons. The molecule has 0 amide bonds. The molecule has 48 heavy (non-hydrogen) atoms. The summed E-state index contributed by atoms with van der Waals surface area (Å²) in [6.07, 6.45) is 0. The Kier molecular flexibility index (Phi) is 5.10. The molecule has 0 N–H and O–H groups in total. The van der Waals surface area contributed by atoms with Crippen LogP contribution in [-0.2, 0) is 4.57 Å². The Morgan fingerprint density at radius 1 is 0.375 bits per heavy atom. The molecule has 2 aliphatic heterocycles. The van der Waals surface area contributed by atoms with Gasteiger partial charge in [-0.3, -0.25) is 0 Å². The molecule has 0 spiro atoms. The molecule has 2 aliphatic rings. The lowest BCUT2D eigenvalue weighted by molar-refractivity contribution is 0.463. The zero-order chi connectivity index (χ0) is 31.6. The molecule has 3 nitrogen and oxygen atoms in total. The summed E-state index contributed by atoms with van der Waals surface area (Å²) in [6, 6.07) is 52.3. The monoisotopic (exact) mass is 632 g/mol. The van der Waals surface area contributed by atoms with E-state index in [1.807, 2.05) is 48.5 Å². The number of rotatable bonds is 1. The highest BCUT2D eigenvalue weighted by atomic mass is 31.2. The third kappa shape index (κ3) is 3.31. The fourth-order valence-corrected chi connectivity index (χ4v) is 11.7. The van der Waals surface area contributed by atoms with Crippen LogP contribution in [0.2, 0.25) is 0 Å². The van der Waals surface area contributed by atoms with Crippen LogP contribution in [0.1, 0.15) is 0 Å². The largest absolute Gasteiger partial charge is 0.456 e. The van der Waals surface area contributed by atoms with Crippen molar-refractivity contribution in [2.45, 2.75) is 0 Å². The summed E-state index contributed by atoms with van der Waals surface area (Å²) in [6.45, 7) is 0. The van der Waals surface area contributed by atoms with Crippen LogP contribution in [0.3, 0.4) is 0 Å². The summed E-state index contributed by atoms with van der Waals surface area (Å²) < 4.78 is 30.1. The third-order valence-electron chi connectivity index (χ3n) is 10.3. The van der Waals surface area contributed by atoms with E-state index in [-0.39, 0.29) is 0 Å². The highest BCUT2D eigenvalue weighted by molar-refractivity contribution is 7.87. The first-order valence-corrected chi connectivity index (χ1v) is 17.9. The lowest BCUT2D eigenvalue weighted by Crippen LogP contribution is -2.36. The molecule has 2 heterocycles. The number of hydrogen-bond acceptors (Lipinski definition) is 3. The van der Waals surface area contributed by atoms with Gasteiger partial charge in [0.05, 0.1) is 10.6 Å². The molecule has 0 radical (unpaired) electrons. The Balaban J connectivity index is 1.25. The van der Waals surface area contributed by atoms with Gasteiger partial charge in [0.1, 0.15) is 28.3 Å².